The number of carboxylic acids is 1. The molecule has 1 amide bonds. The fraction of sp³-hybridized carbons (Fsp3) is 0.429. The zero-order valence-corrected chi connectivity index (χ0v) is 10.9. The Hall–Kier alpha value is -1.84. The zero-order valence-electron chi connectivity index (χ0n) is 10.9. The fourth-order valence-electron chi connectivity index (χ4n) is 2.32. The van der Waals surface area contributed by atoms with Gasteiger partial charge in [0.1, 0.15) is 5.54 Å². The van der Waals surface area contributed by atoms with E-state index in [9.17, 15) is 14.7 Å². The summed E-state index contributed by atoms with van der Waals surface area (Å²) in [6.45, 7) is 4.80. The maximum absolute atomic E-state index is 11.5. The Morgan fingerprint density at radius 1 is 1.33 bits per heavy atom. The second kappa shape index (κ2) is 5.67. The molecule has 0 aliphatic heterocycles. The molecule has 0 radical (unpaired) electrons. The van der Waals surface area contributed by atoms with Crippen LogP contribution < -0.4 is 5.32 Å². The number of carbonyl (C=O) groups excluding carboxylic acids is 1. The predicted molar refractivity (Wildman–Crippen MR) is 69.3 cm³/mol. The maximum Gasteiger partial charge on any atom is 0.329 e. The summed E-state index contributed by atoms with van der Waals surface area (Å²) in [4.78, 5) is 22.8. The van der Waals surface area contributed by atoms with E-state index in [1.54, 1.807) is 6.92 Å². The van der Waals surface area contributed by atoms with Gasteiger partial charge in [0.05, 0.1) is 0 Å². The molecule has 0 heterocycles. The zero-order chi connectivity index (χ0) is 13.8. The van der Waals surface area contributed by atoms with E-state index in [0.29, 0.717) is 6.42 Å². The summed E-state index contributed by atoms with van der Waals surface area (Å²) in [6, 6.07) is 9.39. The second-order valence-corrected chi connectivity index (χ2v) is 4.56. The lowest BCUT2D eigenvalue weighted by molar-refractivity contribution is -0.147. The van der Waals surface area contributed by atoms with Crippen LogP contribution in [0.5, 0.6) is 0 Å². The van der Waals surface area contributed by atoms with Crippen LogP contribution in [-0.2, 0) is 9.59 Å². The molecule has 0 aromatic heterocycles. The van der Waals surface area contributed by atoms with Crippen molar-refractivity contribution in [3.63, 3.8) is 0 Å². The Labute approximate surface area is 107 Å². The van der Waals surface area contributed by atoms with Crippen molar-refractivity contribution in [2.75, 3.05) is 0 Å². The molecule has 98 valence electrons. The molecule has 2 atom stereocenters. The number of carbonyl (C=O) groups is 2. The van der Waals surface area contributed by atoms with Crippen LogP contribution in [0.25, 0.3) is 0 Å². The van der Waals surface area contributed by atoms with Gasteiger partial charge in [0.2, 0.25) is 5.91 Å². The van der Waals surface area contributed by atoms with E-state index in [4.69, 9.17) is 0 Å². The Morgan fingerprint density at radius 3 is 2.28 bits per heavy atom. The highest BCUT2D eigenvalue weighted by Gasteiger charge is 2.42. The van der Waals surface area contributed by atoms with Crippen molar-refractivity contribution in [1.82, 2.24) is 5.32 Å². The molecule has 1 aromatic rings. The van der Waals surface area contributed by atoms with E-state index in [1.165, 1.54) is 6.92 Å². The lowest BCUT2D eigenvalue weighted by Gasteiger charge is -2.34. The molecule has 0 saturated heterocycles. The molecule has 4 heteroatoms. The van der Waals surface area contributed by atoms with Crippen LogP contribution in [0.3, 0.4) is 0 Å². The van der Waals surface area contributed by atoms with Crippen LogP contribution >= 0.6 is 0 Å². The van der Waals surface area contributed by atoms with Crippen molar-refractivity contribution < 1.29 is 14.7 Å². The van der Waals surface area contributed by atoms with Crippen LogP contribution in [0.15, 0.2) is 30.3 Å². The van der Waals surface area contributed by atoms with Crippen molar-refractivity contribution in [1.29, 1.82) is 0 Å². The first kappa shape index (κ1) is 14.2. The molecule has 4 nitrogen and oxygen atoms in total. The van der Waals surface area contributed by atoms with E-state index in [1.807, 2.05) is 37.3 Å². The quantitative estimate of drug-likeness (QED) is 0.840. The van der Waals surface area contributed by atoms with Gasteiger partial charge in [0.15, 0.2) is 0 Å². The monoisotopic (exact) mass is 249 g/mol. The normalized spacial score (nSPS) is 15.5. The third-order valence-corrected chi connectivity index (χ3v) is 3.19. The highest BCUT2D eigenvalue weighted by Crippen LogP contribution is 2.31. The van der Waals surface area contributed by atoms with Gasteiger partial charge < -0.3 is 10.4 Å². The standard InChI is InChI=1S/C14H19NO3/c1-4-12(11-8-6-5-7-9-11)14(3,13(17)18)15-10(2)16/h5-9,12H,4H2,1-3H3,(H,15,16)(H,17,18)/t12?,14-/m1/s1. The molecule has 0 aliphatic rings. The first-order chi connectivity index (χ1) is 8.41. The van der Waals surface area contributed by atoms with Crippen LogP contribution in [0, 0.1) is 0 Å². The van der Waals surface area contributed by atoms with Gasteiger partial charge in [-0.3, -0.25) is 4.79 Å². The van der Waals surface area contributed by atoms with E-state index in [2.05, 4.69) is 5.32 Å². The number of rotatable bonds is 5. The number of aliphatic carboxylic acids is 1. The van der Waals surface area contributed by atoms with Gasteiger partial charge in [0, 0.05) is 12.8 Å². The molecule has 0 aliphatic carbocycles. The minimum atomic E-state index is -1.29. The average Bonchev–Trinajstić information content (AvgIpc) is 2.30. The number of amides is 1. The van der Waals surface area contributed by atoms with Gasteiger partial charge in [-0.05, 0) is 18.9 Å². The Bertz CT molecular complexity index is 430. The largest absolute Gasteiger partial charge is 0.479 e. The fourth-order valence-corrected chi connectivity index (χ4v) is 2.32. The van der Waals surface area contributed by atoms with Gasteiger partial charge in [-0.2, -0.15) is 0 Å². The molecule has 1 rings (SSSR count). The maximum atomic E-state index is 11.5. The van der Waals surface area contributed by atoms with E-state index in [0.717, 1.165) is 5.56 Å². The molecular weight excluding hydrogens is 230 g/mol. The van der Waals surface area contributed by atoms with Crippen LogP contribution in [0.1, 0.15) is 38.7 Å². The highest BCUT2D eigenvalue weighted by molar-refractivity contribution is 5.86. The van der Waals surface area contributed by atoms with Crippen molar-refractivity contribution >= 4 is 11.9 Å². The van der Waals surface area contributed by atoms with Crippen molar-refractivity contribution in [2.24, 2.45) is 0 Å². The minimum absolute atomic E-state index is 0.264. The predicted octanol–water partition coefficient (Wildman–Crippen LogP) is 2.16. The van der Waals surface area contributed by atoms with Crippen LogP contribution in [0.4, 0.5) is 0 Å². The molecule has 18 heavy (non-hydrogen) atoms. The number of carboxylic acid groups (broad SMARTS) is 1. The minimum Gasteiger partial charge on any atom is -0.479 e. The summed E-state index contributed by atoms with van der Waals surface area (Å²) in [5.41, 5.74) is -0.374. The Morgan fingerprint density at radius 2 is 1.89 bits per heavy atom. The van der Waals surface area contributed by atoms with Crippen LogP contribution in [-0.4, -0.2) is 22.5 Å². The Kier molecular flexibility index (Phi) is 4.48. The lowest BCUT2D eigenvalue weighted by atomic mass is 9.78. The third-order valence-electron chi connectivity index (χ3n) is 3.19. The smallest absolute Gasteiger partial charge is 0.329 e. The summed E-state index contributed by atoms with van der Waals surface area (Å²) in [5, 5.41) is 12.0. The molecule has 1 aromatic carbocycles. The summed E-state index contributed by atoms with van der Waals surface area (Å²) < 4.78 is 0. The van der Waals surface area contributed by atoms with Crippen molar-refractivity contribution in [2.45, 2.75) is 38.6 Å². The molecule has 0 fully saturated rings. The first-order valence-electron chi connectivity index (χ1n) is 5.99. The number of hydrogen-bond acceptors (Lipinski definition) is 2. The summed E-state index contributed by atoms with van der Waals surface area (Å²) in [5.74, 6) is -1.62. The molecular formula is C14H19NO3. The average molecular weight is 249 g/mol. The molecule has 2 N–H and O–H groups in total. The Balaban J connectivity index is 3.17. The van der Waals surface area contributed by atoms with E-state index >= 15 is 0 Å². The van der Waals surface area contributed by atoms with Crippen molar-refractivity contribution in [3.8, 4) is 0 Å². The number of hydrogen-bond donors (Lipinski definition) is 2. The highest BCUT2D eigenvalue weighted by atomic mass is 16.4. The lowest BCUT2D eigenvalue weighted by Crippen LogP contribution is -2.55. The molecule has 0 bridgehead atoms. The summed E-state index contributed by atoms with van der Waals surface area (Å²) in [7, 11) is 0. The molecule has 0 saturated carbocycles. The third kappa shape index (κ3) is 2.88. The molecule has 1 unspecified atom stereocenters. The van der Waals surface area contributed by atoms with Gasteiger partial charge in [-0.25, -0.2) is 4.79 Å². The van der Waals surface area contributed by atoms with Gasteiger partial charge in [0.25, 0.3) is 0 Å². The number of benzene rings is 1. The van der Waals surface area contributed by atoms with Gasteiger partial charge >= 0.3 is 5.97 Å². The molecule has 0 spiro atoms. The van der Waals surface area contributed by atoms with Crippen LogP contribution in [0.2, 0.25) is 0 Å². The summed E-state index contributed by atoms with van der Waals surface area (Å²) >= 11 is 0. The first-order valence-corrected chi connectivity index (χ1v) is 5.99. The van der Waals surface area contributed by atoms with Crippen molar-refractivity contribution in [3.05, 3.63) is 35.9 Å². The van der Waals surface area contributed by atoms with Gasteiger partial charge in [-0.15, -0.1) is 0 Å². The van der Waals surface area contributed by atoms with E-state index in [-0.39, 0.29) is 11.8 Å². The SMILES string of the molecule is CCC(c1ccccc1)[C@@](C)(NC(C)=O)C(=O)O. The topological polar surface area (TPSA) is 66.4 Å². The van der Waals surface area contributed by atoms with Gasteiger partial charge in [-0.1, -0.05) is 37.3 Å². The second-order valence-electron chi connectivity index (χ2n) is 4.56. The number of nitrogens with one attached hydrogen (secondary N) is 1. The van der Waals surface area contributed by atoms with E-state index < -0.39 is 11.5 Å². The summed E-state index contributed by atoms with van der Waals surface area (Å²) in [6.07, 6.45) is 0.632.